The number of hydrogen-bond donors (Lipinski definition) is 0. The fourth-order valence-corrected chi connectivity index (χ4v) is 3.65. The van der Waals surface area contributed by atoms with E-state index < -0.39 is 5.60 Å². The Bertz CT molecular complexity index is 977. The van der Waals surface area contributed by atoms with Gasteiger partial charge >= 0.3 is 6.09 Å². The standard InChI is InChI=1S/C21H27N7O2.C2H6.CH3.Y/c1-21(2,3)30-20(29)26-13-9-16(10-14-26)19-25-24-18(15-27-22-11-12-23-27)28(19)17-7-5-4-6-8-17;1-2;;/h4-8,11-12,16H,9-10,13-15H2,1-3H3;1-2H3;1H3;/q;;-1;. The Balaban J connectivity index is 0.00000141. The zero-order valence-corrected chi connectivity index (χ0v) is 24.0. The SMILES string of the molecule is CC.CC(C)(C)OC(=O)N1CCC(c2nnc(Cn3nccn3)n2-c2ccccc2)CC1.[CH3-].[Y]. The molecule has 1 aliphatic heterocycles. The average molecular weight is 544 g/mol. The van der Waals surface area contributed by atoms with Crippen molar-refractivity contribution in [1.82, 2.24) is 34.7 Å². The maximum atomic E-state index is 12.4. The molecule has 1 amide bonds. The number of benzene rings is 1. The van der Waals surface area contributed by atoms with E-state index in [1.807, 2.05) is 65.0 Å². The van der Waals surface area contributed by atoms with Gasteiger partial charge in [0.15, 0.2) is 5.82 Å². The van der Waals surface area contributed by atoms with Crippen molar-refractivity contribution in [2.75, 3.05) is 13.1 Å². The van der Waals surface area contributed by atoms with Gasteiger partial charge in [0.1, 0.15) is 18.0 Å². The van der Waals surface area contributed by atoms with Crippen LogP contribution in [0.15, 0.2) is 42.7 Å². The van der Waals surface area contributed by atoms with E-state index in [9.17, 15) is 4.79 Å². The van der Waals surface area contributed by atoms with Crippen LogP contribution in [0.4, 0.5) is 4.79 Å². The number of piperidine rings is 1. The van der Waals surface area contributed by atoms with Gasteiger partial charge in [-0.15, -0.1) is 10.2 Å². The molecule has 2 aromatic heterocycles. The Morgan fingerprint density at radius 1 is 1.03 bits per heavy atom. The van der Waals surface area contributed by atoms with Gasteiger partial charge in [0.05, 0.1) is 12.4 Å². The molecule has 1 radical (unpaired) electrons. The maximum Gasteiger partial charge on any atom is 0.410 e. The molecule has 0 saturated carbocycles. The molecule has 0 spiro atoms. The molecule has 10 heteroatoms. The Hall–Kier alpha value is -2.13. The molecule has 34 heavy (non-hydrogen) atoms. The van der Waals surface area contributed by atoms with Crippen molar-refractivity contribution >= 4 is 6.09 Å². The quantitative estimate of drug-likeness (QED) is 0.451. The fraction of sp³-hybridized carbons (Fsp3) is 0.500. The second-order valence-electron chi connectivity index (χ2n) is 8.45. The van der Waals surface area contributed by atoms with Gasteiger partial charge < -0.3 is 17.1 Å². The number of amides is 1. The summed E-state index contributed by atoms with van der Waals surface area (Å²) in [6.07, 6.45) is 4.66. The van der Waals surface area contributed by atoms with E-state index in [4.69, 9.17) is 4.74 Å². The first-order valence-corrected chi connectivity index (χ1v) is 11.2. The first-order valence-electron chi connectivity index (χ1n) is 11.2. The number of rotatable bonds is 4. The van der Waals surface area contributed by atoms with Crippen molar-refractivity contribution in [3.8, 4) is 5.69 Å². The molecule has 1 aromatic carbocycles. The molecular formula is C24H36N7O2Y-. The van der Waals surface area contributed by atoms with Gasteiger partial charge in [0.2, 0.25) is 0 Å². The third-order valence-corrected chi connectivity index (χ3v) is 5.03. The molecule has 9 nitrogen and oxygen atoms in total. The number of likely N-dealkylation sites (tertiary alicyclic amines) is 1. The second-order valence-corrected chi connectivity index (χ2v) is 8.45. The summed E-state index contributed by atoms with van der Waals surface area (Å²) in [4.78, 5) is 15.8. The summed E-state index contributed by atoms with van der Waals surface area (Å²) in [5.74, 6) is 1.89. The van der Waals surface area contributed by atoms with Crippen LogP contribution in [0.5, 0.6) is 0 Å². The minimum Gasteiger partial charge on any atom is -0.444 e. The van der Waals surface area contributed by atoms with E-state index in [-0.39, 0.29) is 52.1 Å². The zero-order chi connectivity index (χ0) is 23.1. The molecule has 3 heterocycles. The normalized spacial score (nSPS) is 13.7. The monoisotopic (exact) mass is 543 g/mol. The topological polar surface area (TPSA) is 91.0 Å². The van der Waals surface area contributed by atoms with E-state index in [2.05, 4.69) is 25.0 Å². The molecule has 183 valence electrons. The van der Waals surface area contributed by atoms with Crippen LogP contribution in [-0.2, 0) is 44.0 Å². The summed E-state index contributed by atoms with van der Waals surface area (Å²) in [5.41, 5.74) is 0.519. The minimum absolute atomic E-state index is 0. The summed E-state index contributed by atoms with van der Waals surface area (Å²) in [6, 6.07) is 10.1. The predicted molar refractivity (Wildman–Crippen MR) is 128 cm³/mol. The number of carbonyl (C=O) groups is 1. The Morgan fingerprint density at radius 2 is 1.62 bits per heavy atom. The van der Waals surface area contributed by atoms with Gasteiger partial charge in [-0.3, -0.25) is 4.57 Å². The Morgan fingerprint density at radius 3 is 2.18 bits per heavy atom. The molecule has 1 fully saturated rings. The van der Waals surface area contributed by atoms with Gasteiger partial charge in [-0.25, -0.2) is 4.79 Å². The van der Waals surface area contributed by atoms with E-state index in [1.165, 1.54) is 0 Å². The number of para-hydroxylation sites is 1. The third-order valence-electron chi connectivity index (χ3n) is 5.03. The van der Waals surface area contributed by atoms with Crippen molar-refractivity contribution in [2.45, 2.75) is 65.5 Å². The number of aromatic nitrogens is 6. The van der Waals surface area contributed by atoms with Crippen LogP contribution in [0.3, 0.4) is 0 Å². The number of hydrogen-bond acceptors (Lipinski definition) is 6. The van der Waals surface area contributed by atoms with Gasteiger partial charge in [0, 0.05) is 57.4 Å². The van der Waals surface area contributed by atoms with Gasteiger partial charge in [-0.1, -0.05) is 32.0 Å². The second kappa shape index (κ2) is 13.7. The Kier molecular flexibility index (Phi) is 12.0. The third kappa shape index (κ3) is 7.70. The minimum atomic E-state index is -0.489. The maximum absolute atomic E-state index is 12.4. The van der Waals surface area contributed by atoms with E-state index in [1.54, 1.807) is 22.1 Å². The summed E-state index contributed by atoms with van der Waals surface area (Å²) in [6.45, 7) is 11.4. The van der Waals surface area contributed by atoms with Crippen molar-refractivity contribution in [3.05, 3.63) is 61.8 Å². The van der Waals surface area contributed by atoms with E-state index in [0.717, 1.165) is 30.2 Å². The predicted octanol–water partition coefficient (Wildman–Crippen LogP) is 4.50. The van der Waals surface area contributed by atoms with Crippen molar-refractivity contribution < 1.29 is 42.2 Å². The number of nitrogens with zero attached hydrogens (tertiary/aromatic N) is 7. The van der Waals surface area contributed by atoms with Crippen LogP contribution < -0.4 is 0 Å². The van der Waals surface area contributed by atoms with Gasteiger partial charge in [-0.05, 0) is 45.7 Å². The van der Waals surface area contributed by atoms with Crippen LogP contribution in [0.2, 0.25) is 0 Å². The summed E-state index contributed by atoms with van der Waals surface area (Å²) < 4.78 is 7.61. The van der Waals surface area contributed by atoms with Crippen molar-refractivity contribution in [2.24, 2.45) is 0 Å². The largest absolute Gasteiger partial charge is 0.444 e. The fourth-order valence-electron chi connectivity index (χ4n) is 3.65. The molecule has 0 atom stereocenters. The molecule has 1 aliphatic rings. The van der Waals surface area contributed by atoms with Crippen LogP contribution in [0.1, 0.15) is 65.0 Å². The van der Waals surface area contributed by atoms with Crippen molar-refractivity contribution in [1.29, 1.82) is 0 Å². The van der Waals surface area contributed by atoms with Gasteiger partial charge in [0.25, 0.3) is 0 Å². The number of carbonyl (C=O) groups excluding carboxylic acids is 1. The molecule has 0 N–H and O–H groups in total. The zero-order valence-electron chi connectivity index (χ0n) is 21.2. The van der Waals surface area contributed by atoms with E-state index >= 15 is 0 Å². The number of ether oxygens (including phenoxy) is 1. The first kappa shape index (κ1) is 29.9. The Labute approximate surface area is 228 Å². The molecule has 0 aliphatic carbocycles. The smallest absolute Gasteiger partial charge is 0.410 e. The first-order chi connectivity index (χ1) is 15.4. The molecule has 1 saturated heterocycles. The summed E-state index contributed by atoms with van der Waals surface area (Å²) >= 11 is 0. The summed E-state index contributed by atoms with van der Waals surface area (Å²) in [5, 5.41) is 17.4. The average Bonchev–Trinajstić information content (AvgIpc) is 3.45. The summed E-state index contributed by atoms with van der Waals surface area (Å²) in [7, 11) is 0. The van der Waals surface area contributed by atoms with Crippen LogP contribution in [-0.4, -0.2) is 59.4 Å². The van der Waals surface area contributed by atoms with Crippen LogP contribution in [0.25, 0.3) is 5.69 Å². The molecule has 0 bridgehead atoms. The molecule has 4 rings (SSSR count). The van der Waals surface area contributed by atoms with Crippen LogP contribution in [0, 0.1) is 7.43 Å². The van der Waals surface area contributed by atoms with E-state index in [0.29, 0.717) is 19.6 Å². The van der Waals surface area contributed by atoms with Gasteiger partial charge in [-0.2, -0.15) is 15.0 Å². The molecular weight excluding hydrogens is 507 g/mol. The molecule has 3 aromatic rings. The van der Waals surface area contributed by atoms with Crippen molar-refractivity contribution in [3.63, 3.8) is 0 Å². The molecule has 0 unspecified atom stereocenters. The van der Waals surface area contributed by atoms with Crippen LogP contribution >= 0.6 is 0 Å².